The molecule has 0 radical (unpaired) electrons. The summed E-state index contributed by atoms with van der Waals surface area (Å²) in [7, 11) is 0. The largest absolute Gasteiger partial charge is 0.543 e. The Kier molecular flexibility index (Phi) is 9.38. The van der Waals surface area contributed by atoms with E-state index in [2.05, 4.69) is 15.5 Å². The van der Waals surface area contributed by atoms with Crippen molar-refractivity contribution in [2.45, 2.75) is 24.1 Å². The molecule has 0 spiro atoms. The molecule has 2 aromatic heterocycles. The van der Waals surface area contributed by atoms with Crippen molar-refractivity contribution in [3.63, 3.8) is 0 Å². The van der Waals surface area contributed by atoms with Crippen LogP contribution in [-0.4, -0.2) is 71.8 Å². The molecule has 15 nitrogen and oxygen atoms in total. The van der Waals surface area contributed by atoms with Crippen LogP contribution in [0.3, 0.4) is 0 Å². The fourth-order valence-electron chi connectivity index (χ4n) is 5.37. The van der Waals surface area contributed by atoms with E-state index in [4.69, 9.17) is 10.6 Å². The van der Waals surface area contributed by atoms with Gasteiger partial charge >= 0.3 is 5.97 Å². The highest BCUT2D eigenvalue weighted by molar-refractivity contribution is 8.00. The maximum Gasteiger partial charge on any atom is 0.352 e. The van der Waals surface area contributed by atoms with Gasteiger partial charge in [-0.25, -0.2) is 14.2 Å². The second kappa shape index (κ2) is 13.8. The number of nitrogens with one attached hydrogen (secondary N) is 1. The summed E-state index contributed by atoms with van der Waals surface area (Å²) >= 11 is 2.12. The fourth-order valence-corrected chi connectivity index (χ4v) is 7.24. The van der Waals surface area contributed by atoms with Crippen molar-refractivity contribution < 1.29 is 53.4 Å². The zero-order valence-electron chi connectivity index (χ0n) is 25.4. The summed E-state index contributed by atoms with van der Waals surface area (Å²) in [5.74, 6) is -8.31. The molecule has 256 valence electrons. The van der Waals surface area contributed by atoms with Crippen molar-refractivity contribution >= 4 is 68.6 Å². The SMILES string of the molecule is Nc1nc(C(=NOC(C(=O)O)c2cc(O)c(O)c(F)c2)C(=O)NC2C(=O)N3C(C(=O)[O-])=C(C=CC[n+]4cccc5ccccc54)CSC23)cs1. The van der Waals surface area contributed by atoms with E-state index in [1.165, 1.54) is 17.1 Å². The van der Waals surface area contributed by atoms with Crippen LogP contribution in [0.25, 0.3) is 10.9 Å². The molecule has 4 aromatic rings. The highest BCUT2D eigenvalue weighted by atomic mass is 32.2. The third-order valence-corrected chi connectivity index (χ3v) is 9.68. The van der Waals surface area contributed by atoms with Crippen LogP contribution in [0.4, 0.5) is 9.52 Å². The molecule has 0 saturated carbocycles. The van der Waals surface area contributed by atoms with Gasteiger partial charge in [-0.1, -0.05) is 23.4 Å². The molecular formula is C32H25FN6O9S2. The van der Waals surface area contributed by atoms with Crippen LogP contribution < -0.4 is 20.7 Å². The van der Waals surface area contributed by atoms with Gasteiger partial charge in [-0.15, -0.1) is 23.1 Å². The third kappa shape index (κ3) is 6.52. The van der Waals surface area contributed by atoms with E-state index in [0.29, 0.717) is 18.2 Å². The maximum atomic E-state index is 14.0. The minimum Gasteiger partial charge on any atom is -0.543 e. The Morgan fingerprint density at radius 1 is 1.24 bits per heavy atom. The van der Waals surface area contributed by atoms with Crippen LogP contribution in [0, 0.1) is 5.82 Å². The van der Waals surface area contributed by atoms with Crippen LogP contribution in [-0.2, 0) is 30.6 Å². The molecule has 1 fully saturated rings. The topological polar surface area (TPSA) is 232 Å². The Bertz CT molecular complexity index is 2120. The number of carboxylic acid groups (broad SMARTS) is 2. The number of thiazole rings is 1. The average Bonchev–Trinajstić information content (AvgIpc) is 3.52. The van der Waals surface area contributed by atoms with Crippen molar-refractivity contribution in [3.8, 4) is 11.5 Å². The molecule has 0 aliphatic carbocycles. The lowest BCUT2D eigenvalue weighted by Crippen LogP contribution is -2.71. The van der Waals surface area contributed by atoms with E-state index in [0.717, 1.165) is 33.2 Å². The molecule has 18 heteroatoms. The number of rotatable bonds is 11. The molecule has 2 aliphatic heterocycles. The smallest absolute Gasteiger partial charge is 0.352 e. The molecule has 50 heavy (non-hydrogen) atoms. The van der Waals surface area contributed by atoms with Crippen molar-refractivity contribution in [3.05, 3.63) is 101 Å². The molecule has 6 rings (SSSR count). The Hall–Kier alpha value is -6.01. The minimum atomic E-state index is -2.06. The standard InChI is InChI=1S/C32H25FN6O9S2/c33-18-11-17(12-21(40)25(18)41)26(31(46)47)48-37-22(19-14-50-32(34)35-19)27(42)36-23-28(43)39-24(30(44)45)16(13-49-29(23)39)7-4-10-38-9-3-6-15-5-1-2-8-20(15)38/h1-9,11-12,14,23,26,29H,10,13H2,(H6-,34,35,36,37,40,41,42,44,45,46,47). The van der Waals surface area contributed by atoms with Crippen LogP contribution in [0.2, 0.25) is 0 Å². The lowest BCUT2D eigenvalue weighted by Gasteiger charge is -2.50. The van der Waals surface area contributed by atoms with Gasteiger partial charge < -0.3 is 41.1 Å². The van der Waals surface area contributed by atoms with Crippen LogP contribution in [0.1, 0.15) is 17.4 Å². The normalized spacial score (nSPS) is 18.1. The van der Waals surface area contributed by atoms with Gasteiger partial charge in [-0.3, -0.25) is 14.5 Å². The molecule has 1 saturated heterocycles. The Labute approximate surface area is 289 Å². The second-order valence-electron chi connectivity index (χ2n) is 10.8. The number of aliphatic carboxylic acids is 2. The first-order valence-electron chi connectivity index (χ1n) is 14.6. The number of halogens is 1. The number of thioether (sulfide) groups is 1. The predicted molar refractivity (Wildman–Crippen MR) is 175 cm³/mol. The highest BCUT2D eigenvalue weighted by Gasteiger charge is 2.53. The number of carboxylic acids is 2. The van der Waals surface area contributed by atoms with Crippen molar-refractivity contribution in [1.29, 1.82) is 0 Å². The number of hydrogen-bond acceptors (Lipinski definition) is 13. The molecule has 4 heterocycles. The quantitative estimate of drug-likeness (QED) is 0.0479. The number of nitrogens with zero attached hydrogens (tertiary/aromatic N) is 4. The summed E-state index contributed by atoms with van der Waals surface area (Å²) in [5, 5.41) is 48.9. The molecule has 6 N–H and O–H groups in total. The molecule has 2 amide bonds. The first-order valence-corrected chi connectivity index (χ1v) is 16.5. The summed E-state index contributed by atoms with van der Waals surface area (Å²) in [4.78, 5) is 61.1. The third-order valence-electron chi connectivity index (χ3n) is 7.71. The molecule has 3 unspecified atom stereocenters. The predicted octanol–water partition coefficient (Wildman–Crippen LogP) is 0.923. The number of nitrogens with two attached hydrogens (primary N) is 1. The molecule has 3 atom stereocenters. The van der Waals surface area contributed by atoms with Gasteiger partial charge in [-0.2, -0.15) is 4.57 Å². The minimum absolute atomic E-state index is 0.0118. The van der Waals surface area contributed by atoms with Gasteiger partial charge in [0.25, 0.3) is 11.8 Å². The Balaban J connectivity index is 1.21. The number of β-lactam (4-membered cyclic amide) rings is 1. The monoisotopic (exact) mass is 720 g/mol. The second-order valence-corrected chi connectivity index (χ2v) is 12.8. The number of hydrogen-bond donors (Lipinski definition) is 5. The van der Waals surface area contributed by atoms with Crippen molar-refractivity contribution in [1.82, 2.24) is 15.2 Å². The number of oxime groups is 1. The van der Waals surface area contributed by atoms with E-state index < -0.39 is 69.9 Å². The number of fused-ring (bicyclic) bond motifs is 2. The molecule has 2 aliphatic rings. The number of carbonyl (C=O) groups excluding carboxylic acids is 3. The van der Waals surface area contributed by atoms with Crippen LogP contribution in [0.15, 0.2) is 88.7 Å². The number of nitrogen functional groups attached to an aromatic ring is 1. The van der Waals surface area contributed by atoms with E-state index in [1.807, 2.05) is 47.2 Å². The zero-order valence-corrected chi connectivity index (χ0v) is 27.1. The van der Waals surface area contributed by atoms with Gasteiger partial charge in [0, 0.05) is 34.2 Å². The van der Waals surface area contributed by atoms with E-state index >= 15 is 0 Å². The summed E-state index contributed by atoms with van der Waals surface area (Å²) in [6.45, 7) is 0.419. The number of carbonyl (C=O) groups is 4. The van der Waals surface area contributed by atoms with E-state index in [-0.39, 0.29) is 22.3 Å². The fraction of sp³-hybridized carbons (Fsp3) is 0.156. The summed E-state index contributed by atoms with van der Waals surface area (Å²) in [6, 6.07) is 11.8. The van der Waals surface area contributed by atoms with E-state index in [9.17, 15) is 44.0 Å². The Morgan fingerprint density at radius 3 is 2.70 bits per heavy atom. The number of phenols is 2. The van der Waals surface area contributed by atoms with Gasteiger partial charge in [-0.05, 0) is 35.9 Å². The number of aromatic nitrogens is 2. The number of para-hydroxylation sites is 1. The lowest BCUT2D eigenvalue weighted by atomic mass is 10.0. The summed E-state index contributed by atoms with van der Waals surface area (Å²) in [5.41, 5.74) is 5.48. The number of anilines is 1. The van der Waals surface area contributed by atoms with Gasteiger partial charge in [0.2, 0.25) is 11.6 Å². The number of amides is 2. The van der Waals surface area contributed by atoms with Gasteiger partial charge in [0.15, 0.2) is 40.9 Å². The summed E-state index contributed by atoms with van der Waals surface area (Å²) < 4.78 is 16.0. The first kappa shape index (κ1) is 33.9. The van der Waals surface area contributed by atoms with Crippen molar-refractivity contribution in [2.24, 2.45) is 5.16 Å². The highest BCUT2D eigenvalue weighted by Crippen LogP contribution is 2.40. The lowest BCUT2D eigenvalue weighted by molar-refractivity contribution is -0.661. The number of allylic oxidation sites excluding steroid dienone is 2. The van der Waals surface area contributed by atoms with E-state index in [1.54, 1.807) is 12.2 Å². The first-order chi connectivity index (χ1) is 23.9. The zero-order chi connectivity index (χ0) is 35.7. The maximum absolute atomic E-state index is 14.0. The molecular weight excluding hydrogens is 696 g/mol. The molecule has 0 bridgehead atoms. The number of benzene rings is 2. The number of pyridine rings is 1. The van der Waals surface area contributed by atoms with Gasteiger partial charge in [0.1, 0.15) is 17.1 Å². The summed E-state index contributed by atoms with van der Waals surface area (Å²) in [6.07, 6.45) is 3.22. The number of aromatic hydroxyl groups is 2. The average molecular weight is 721 g/mol. The number of phenolic OH excluding ortho intramolecular Hbond substituents is 2. The van der Waals surface area contributed by atoms with Crippen molar-refractivity contribution in [2.75, 3.05) is 11.5 Å². The molecule has 2 aromatic carbocycles. The Morgan fingerprint density at radius 2 is 2.00 bits per heavy atom. The van der Waals surface area contributed by atoms with Crippen LogP contribution in [0.5, 0.6) is 11.5 Å². The van der Waals surface area contributed by atoms with Gasteiger partial charge in [0.05, 0.1) is 11.7 Å². The van der Waals surface area contributed by atoms with Crippen LogP contribution >= 0.6 is 23.1 Å².